The monoisotopic (exact) mass is 710 g/mol. The fourth-order valence-corrected chi connectivity index (χ4v) is 4.43. The summed E-state index contributed by atoms with van der Waals surface area (Å²) >= 11 is 0. The molecule has 3 aromatic carbocycles. The first-order valence-electron chi connectivity index (χ1n) is 16.4. The van der Waals surface area contributed by atoms with Gasteiger partial charge in [0, 0.05) is 31.4 Å². The van der Waals surface area contributed by atoms with E-state index in [-0.39, 0.29) is 17.9 Å². The Balaban J connectivity index is 1.17. The Morgan fingerprint density at radius 3 is 1.27 bits per heavy atom. The van der Waals surface area contributed by atoms with Crippen LogP contribution >= 0.6 is 0 Å². The molecule has 0 spiro atoms. The summed E-state index contributed by atoms with van der Waals surface area (Å²) in [5.41, 5.74) is 0.904. The maximum absolute atomic E-state index is 12.7. The van der Waals surface area contributed by atoms with Crippen LogP contribution in [0.25, 0.3) is 0 Å². The van der Waals surface area contributed by atoms with Crippen molar-refractivity contribution in [1.29, 1.82) is 0 Å². The second-order valence-electron chi connectivity index (χ2n) is 11.0. The predicted molar refractivity (Wildman–Crippen MR) is 188 cm³/mol. The standard InChI is InChI=1S/C40H38O12/c1-3-36(41)48-25-6-5-24-46-31-14-8-29(9-15-31)39(44)51-34-20-22-35(23-21-34)52-40(45)30-12-18-33(19-13-30)50-38(43)28-10-16-32(17-11-28)47-26-7-27-49-37(42)4-2/h3-4,8-20,22H,1-2,5-7,21,23-27H2. The summed E-state index contributed by atoms with van der Waals surface area (Å²) < 4.78 is 37.5. The van der Waals surface area contributed by atoms with Crippen LogP contribution in [0.15, 0.2) is 122 Å². The third-order valence-corrected chi connectivity index (χ3v) is 7.19. The molecule has 12 nitrogen and oxygen atoms in total. The molecule has 3 aromatic rings. The van der Waals surface area contributed by atoms with Crippen molar-refractivity contribution in [3.05, 3.63) is 138 Å². The number of ether oxygens (including phenoxy) is 7. The van der Waals surface area contributed by atoms with Gasteiger partial charge in [-0.15, -0.1) is 0 Å². The van der Waals surface area contributed by atoms with Gasteiger partial charge in [0.2, 0.25) is 0 Å². The number of carbonyl (C=O) groups excluding carboxylic acids is 5. The van der Waals surface area contributed by atoms with Crippen molar-refractivity contribution in [2.24, 2.45) is 0 Å². The fourth-order valence-electron chi connectivity index (χ4n) is 4.43. The van der Waals surface area contributed by atoms with Gasteiger partial charge < -0.3 is 33.2 Å². The highest BCUT2D eigenvalue weighted by atomic mass is 16.6. The molecule has 4 rings (SSSR count). The number of rotatable bonds is 19. The van der Waals surface area contributed by atoms with Gasteiger partial charge in [0.05, 0.1) is 43.1 Å². The van der Waals surface area contributed by atoms with Gasteiger partial charge in [0.15, 0.2) is 0 Å². The van der Waals surface area contributed by atoms with Crippen LogP contribution in [-0.4, -0.2) is 56.3 Å². The Kier molecular flexibility index (Phi) is 15.0. The topological polar surface area (TPSA) is 150 Å². The number of hydrogen-bond acceptors (Lipinski definition) is 12. The quantitative estimate of drug-likeness (QED) is 0.0420. The molecule has 0 fully saturated rings. The lowest BCUT2D eigenvalue weighted by molar-refractivity contribution is -0.138. The zero-order valence-corrected chi connectivity index (χ0v) is 28.4. The van der Waals surface area contributed by atoms with Crippen LogP contribution in [0.3, 0.4) is 0 Å². The zero-order valence-electron chi connectivity index (χ0n) is 28.4. The molecule has 0 heterocycles. The van der Waals surface area contributed by atoms with E-state index in [1.54, 1.807) is 60.7 Å². The van der Waals surface area contributed by atoms with Crippen LogP contribution in [0.4, 0.5) is 0 Å². The first kappa shape index (κ1) is 38.4. The third-order valence-electron chi connectivity index (χ3n) is 7.19. The van der Waals surface area contributed by atoms with Crippen molar-refractivity contribution in [1.82, 2.24) is 0 Å². The molecule has 0 radical (unpaired) electrons. The normalized spacial score (nSPS) is 11.8. The predicted octanol–water partition coefficient (Wildman–Crippen LogP) is 6.87. The van der Waals surface area contributed by atoms with Crippen molar-refractivity contribution < 1.29 is 57.1 Å². The molecule has 0 saturated heterocycles. The van der Waals surface area contributed by atoms with Gasteiger partial charge in [0.25, 0.3) is 0 Å². The summed E-state index contributed by atoms with van der Waals surface area (Å²) in [5, 5.41) is 0. The molecule has 1 aliphatic rings. The maximum atomic E-state index is 12.7. The lowest BCUT2D eigenvalue weighted by Crippen LogP contribution is -2.11. The molecule has 0 amide bonds. The summed E-state index contributed by atoms with van der Waals surface area (Å²) in [6.07, 6.45) is 7.90. The lowest BCUT2D eigenvalue weighted by atomic mass is 10.1. The zero-order chi connectivity index (χ0) is 37.1. The number of allylic oxidation sites excluding steroid dienone is 4. The van der Waals surface area contributed by atoms with E-state index in [9.17, 15) is 24.0 Å². The molecule has 1 aliphatic carbocycles. The summed E-state index contributed by atoms with van der Waals surface area (Å²) in [5.74, 6) is -0.445. The molecule has 0 aliphatic heterocycles. The Labute approximate surface area is 300 Å². The van der Waals surface area contributed by atoms with Crippen LogP contribution in [0.1, 0.15) is 63.2 Å². The van der Waals surface area contributed by atoms with Gasteiger partial charge in [0.1, 0.15) is 28.8 Å². The third kappa shape index (κ3) is 12.8. The highest BCUT2D eigenvalue weighted by molar-refractivity contribution is 5.92. The van der Waals surface area contributed by atoms with Gasteiger partial charge in [-0.2, -0.15) is 0 Å². The van der Waals surface area contributed by atoms with E-state index in [4.69, 9.17) is 33.2 Å². The lowest BCUT2D eigenvalue weighted by Gasteiger charge is -2.15. The average Bonchev–Trinajstić information content (AvgIpc) is 3.17. The van der Waals surface area contributed by atoms with E-state index in [1.165, 1.54) is 24.3 Å². The molecular weight excluding hydrogens is 672 g/mol. The molecule has 0 aromatic heterocycles. The Hall–Kier alpha value is -6.43. The van der Waals surface area contributed by atoms with E-state index in [0.717, 1.165) is 12.2 Å². The van der Waals surface area contributed by atoms with E-state index < -0.39 is 29.8 Å². The van der Waals surface area contributed by atoms with Crippen LogP contribution < -0.4 is 14.2 Å². The average molecular weight is 711 g/mol. The first-order valence-corrected chi connectivity index (χ1v) is 16.4. The number of unbranched alkanes of at least 4 members (excludes halogenated alkanes) is 1. The summed E-state index contributed by atoms with van der Waals surface area (Å²) in [4.78, 5) is 60.0. The summed E-state index contributed by atoms with van der Waals surface area (Å²) in [7, 11) is 0. The molecule has 0 N–H and O–H groups in total. The molecule has 270 valence electrons. The molecule has 52 heavy (non-hydrogen) atoms. The molecule has 0 atom stereocenters. The van der Waals surface area contributed by atoms with Crippen LogP contribution in [0.2, 0.25) is 0 Å². The van der Waals surface area contributed by atoms with Crippen molar-refractivity contribution in [2.45, 2.75) is 32.1 Å². The first-order chi connectivity index (χ1) is 25.2. The summed E-state index contributed by atoms with van der Waals surface area (Å²) in [6, 6.07) is 18.9. The van der Waals surface area contributed by atoms with E-state index >= 15 is 0 Å². The SMILES string of the molecule is C=CC(=O)OCCCCOc1ccc(C(=O)OC2=CC=C(OC(=O)c3ccc(OC(=O)c4ccc(OCCCOC(=O)C=C)cc4)cc3)CC2)cc1. The molecule has 0 unspecified atom stereocenters. The molecule has 12 heteroatoms. The van der Waals surface area contributed by atoms with Gasteiger partial charge in [-0.25, -0.2) is 24.0 Å². The summed E-state index contributed by atoms with van der Waals surface area (Å²) in [6.45, 7) is 7.92. The Bertz CT molecular complexity index is 1790. The second-order valence-corrected chi connectivity index (χ2v) is 11.0. The highest BCUT2D eigenvalue weighted by Crippen LogP contribution is 2.24. The van der Waals surface area contributed by atoms with Crippen molar-refractivity contribution in [3.8, 4) is 17.2 Å². The van der Waals surface area contributed by atoms with Crippen LogP contribution in [-0.2, 0) is 28.5 Å². The van der Waals surface area contributed by atoms with Gasteiger partial charge >= 0.3 is 29.8 Å². The van der Waals surface area contributed by atoms with Crippen molar-refractivity contribution >= 4 is 29.8 Å². The maximum Gasteiger partial charge on any atom is 0.343 e. The Morgan fingerprint density at radius 2 is 0.846 bits per heavy atom. The van der Waals surface area contributed by atoms with Crippen molar-refractivity contribution in [2.75, 3.05) is 26.4 Å². The second kappa shape index (κ2) is 20.3. The number of esters is 5. The largest absolute Gasteiger partial charge is 0.494 e. The van der Waals surface area contributed by atoms with Crippen LogP contribution in [0, 0.1) is 0 Å². The van der Waals surface area contributed by atoms with Crippen molar-refractivity contribution in [3.63, 3.8) is 0 Å². The number of benzene rings is 3. The minimum absolute atomic E-state index is 0.207. The van der Waals surface area contributed by atoms with Gasteiger partial charge in [-0.1, -0.05) is 13.2 Å². The van der Waals surface area contributed by atoms with E-state index in [2.05, 4.69) is 13.2 Å². The number of carbonyl (C=O) groups is 5. The van der Waals surface area contributed by atoms with Gasteiger partial charge in [-0.05, 0) is 97.8 Å². The molecular formula is C40H38O12. The smallest absolute Gasteiger partial charge is 0.343 e. The highest BCUT2D eigenvalue weighted by Gasteiger charge is 2.18. The Morgan fingerprint density at radius 1 is 0.481 bits per heavy atom. The van der Waals surface area contributed by atoms with E-state index in [0.29, 0.717) is 86.1 Å². The van der Waals surface area contributed by atoms with Gasteiger partial charge in [-0.3, -0.25) is 0 Å². The minimum atomic E-state index is -0.592. The van der Waals surface area contributed by atoms with E-state index in [1.807, 2.05) is 0 Å². The molecule has 0 bridgehead atoms. The number of hydrogen-bond donors (Lipinski definition) is 0. The minimum Gasteiger partial charge on any atom is -0.494 e. The van der Waals surface area contributed by atoms with Crippen LogP contribution in [0.5, 0.6) is 17.2 Å². The fraction of sp³-hybridized carbons (Fsp3) is 0.225. The molecule has 0 saturated carbocycles.